The number of pyridine rings is 1. The van der Waals surface area contributed by atoms with Crippen LogP contribution in [0.3, 0.4) is 0 Å². The Morgan fingerprint density at radius 1 is 1.26 bits per heavy atom. The number of benzene rings is 1. The Morgan fingerprint density at radius 2 is 2.00 bits per heavy atom. The quantitative estimate of drug-likeness (QED) is 0.242. The highest BCUT2D eigenvalue weighted by Crippen LogP contribution is 2.47. The van der Waals surface area contributed by atoms with Crippen LogP contribution in [0.5, 0.6) is 11.5 Å². The molecule has 0 unspecified atom stereocenters. The van der Waals surface area contributed by atoms with Crippen LogP contribution >= 0.6 is 0 Å². The molecule has 0 atom stereocenters. The number of carbonyl (C=O) groups excluding carboxylic acids is 1. The van der Waals surface area contributed by atoms with E-state index in [0.29, 0.717) is 30.3 Å². The summed E-state index contributed by atoms with van der Waals surface area (Å²) in [4.78, 5) is 16.6. The first-order chi connectivity index (χ1) is 18.2. The van der Waals surface area contributed by atoms with E-state index < -0.39 is 29.1 Å². The van der Waals surface area contributed by atoms with Crippen molar-refractivity contribution in [2.24, 2.45) is 0 Å². The van der Waals surface area contributed by atoms with E-state index in [4.69, 9.17) is 14.2 Å². The van der Waals surface area contributed by atoms with Gasteiger partial charge in [-0.25, -0.2) is 22.9 Å². The zero-order valence-electron chi connectivity index (χ0n) is 21.3. The lowest BCUT2D eigenvalue weighted by Gasteiger charge is -2.33. The number of anilines is 1. The molecule has 8 nitrogen and oxygen atoms in total. The van der Waals surface area contributed by atoms with E-state index in [0.717, 1.165) is 36.6 Å². The number of urea groups is 1. The van der Waals surface area contributed by atoms with Crippen LogP contribution in [0, 0.1) is 11.6 Å². The predicted octanol–water partition coefficient (Wildman–Crippen LogP) is 5.57. The molecule has 2 aliphatic rings. The Balaban J connectivity index is 1.33. The van der Waals surface area contributed by atoms with Crippen LogP contribution in [-0.2, 0) is 16.2 Å². The number of alkyl halides is 1. The van der Waals surface area contributed by atoms with Gasteiger partial charge >= 0.3 is 6.03 Å². The summed E-state index contributed by atoms with van der Waals surface area (Å²) in [6.45, 7) is 4.97. The van der Waals surface area contributed by atoms with E-state index in [1.807, 2.05) is 10.8 Å². The normalized spacial score (nSPS) is 16.5. The number of aromatic nitrogens is 2. The fourth-order valence-corrected chi connectivity index (χ4v) is 4.77. The molecular formula is C26H30F3N4O4Si. The van der Waals surface area contributed by atoms with E-state index in [9.17, 15) is 18.0 Å². The molecule has 1 saturated heterocycles. The average Bonchev–Trinajstić information content (AvgIpc) is 3.63. The number of hydrogen-bond donors (Lipinski definition) is 2. The molecule has 1 aromatic carbocycles. The highest BCUT2D eigenvalue weighted by atomic mass is 28.3. The van der Waals surface area contributed by atoms with Crippen molar-refractivity contribution in [3.63, 3.8) is 0 Å². The number of ether oxygens (including phenoxy) is 3. The van der Waals surface area contributed by atoms with Gasteiger partial charge in [-0.3, -0.25) is 0 Å². The number of nitrogens with zero attached hydrogens (tertiary/aromatic N) is 2. The highest BCUT2D eigenvalue weighted by molar-refractivity contribution is 6.55. The van der Waals surface area contributed by atoms with Gasteiger partial charge in [0.05, 0.1) is 25.1 Å². The molecule has 1 aliphatic heterocycles. The summed E-state index contributed by atoms with van der Waals surface area (Å²) in [5.74, 6) is -1.96. The largest absolute Gasteiger partial charge is 0.450 e. The van der Waals surface area contributed by atoms with Crippen LogP contribution in [0.2, 0.25) is 19.1 Å². The summed E-state index contributed by atoms with van der Waals surface area (Å²) in [5, 5.41) is 5.35. The zero-order valence-corrected chi connectivity index (χ0v) is 22.3. The average molecular weight is 548 g/mol. The minimum Gasteiger partial charge on any atom is -0.450 e. The van der Waals surface area contributed by atoms with E-state index >= 15 is 0 Å². The molecular weight excluding hydrogens is 517 g/mol. The van der Waals surface area contributed by atoms with Gasteiger partial charge in [-0.15, -0.1) is 0 Å². The first kappa shape index (κ1) is 26.5. The third-order valence-electron chi connectivity index (χ3n) is 6.50. The molecule has 3 aromatic rings. The molecule has 2 fully saturated rings. The molecule has 1 radical (unpaired) electrons. The van der Waals surface area contributed by atoms with E-state index in [1.54, 1.807) is 6.07 Å². The second kappa shape index (κ2) is 10.9. The standard InChI is InChI=1S/C26H30F3N4O4Si/c1-38(2)8-7-35-15-33-11-18(16-3-4-16)22-21(5-6-30-24(22)33)37-23-19(27)9-17(10-20(23)28)32-25(34)31-12-26(29)13-36-14-26/h5-6,9-11,16H,3-4,7-8,12-15H2,1-2H3,(H2,31,32,34). The van der Waals surface area contributed by atoms with Gasteiger partial charge in [0.2, 0.25) is 0 Å². The van der Waals surface area contributed by atoms with E-state index in [1.165, 1.54) is 6.20 Å². The third kappa shape index (κ3) is 5.97. The number of hydrogen-bond acceptors (Lipinski definition) is 5. The number of halogens is 3. The lowest BCUT2D eigenvalue weighted by atomic mass is 10.1. The summed E-state index contributed by atoms with van der Waals surface area (Å²) in [6.07, 6.45) is 5.56. The molecule has 203 valence electrons. The monoisotopic (exact) mass is 547 g/mol. The van der Waals surface area contributed by atoms with Crippen molar-refractivity contribution in [1.82, 2.24) is 14.9 Å². The molecule has 1 saturated carbocycles. The number of amides is 2. The smallest absolute Gasteiger partial charge is 0.319 e. The Hall–Kier alpha value is -3.09. The van der Waals surface area contributed by atoms with Crippen LogP contribution in [0.25, 0.3) is 11.0 Å². The molecule has 2 aromatic heterocycles. The van der Waals surface area contributed by atoms with Crippen LogP contribution < -0.4 is 15.4 Å². The van der Waals surface area contributed by atoms with Crippen molar-refractivity contribution in [1.29, 1.82) is 0 Å². The van der Waals surface area contributed by atoms with Gasteiger partial charge in [0.25, 0.3) is 0 Å². The van der Waals surface area contributed by atoms with Gasteiger partial charge in [-0.05, 0) is 36.4 Å². The van der Waals surface area contributed by atoms with Gasteiger partial charge in [-0.2, -0.15) is 0 Å². The van der Waals surface area contributed by atoms with Crippen LogP contribution in [-0.4, -0.2) is 56.4 Å². The maximum Gasteiger partial charge on any atom is 0.319 e. The molecule has 0 spiro atoms. The Labute approximate surface area is 220 Å². The van der Waals surface area contributed by atoms with Crippen molar-refractivity contribution < 1.29 is 32.2 Å². The molecule has 38 heavy (non-hydrogen) atoms. The summed E-state index contributed by atoms with van der Waals surface area (Å²) in [5.41, 5.74) is -0.115. The van der Waals surface area contributed by atoms with Crippen molar-refractivity contribution >= 4 is 31.5 Å². The van der Waals surface area contributed by atoms with Crippen molar-refractivity contribution in [2.45, 2.75) is 50.3 Å². The Bertz CT molecular complexity index is 1300. The maximum absolute atomic E-state index is 15.0. The fraction of sp³-hybridized carbons (Fsp3) is 0.462. The topological polar surface area (TPSA) is 86.6 Å². The second-order valence-corrected chi connectivity index (χ2v) is 13.1. The first-order valence-corrected chi connectivity index (χ1v) is 15.3. The fourth-order valence-electron chi connectivity index (χ4n) is 4.22. The van der Waals surface area contributed by atoms with Gasteiger partial charge in [-0.1, -0.05) is 13.1 Å². The van der Waals surface area contributed by atoms with E-state index in [-0.39, 0.29) is 40.0 Å². The Kier molecular flexibility index (Phi) is 7.64. The molecule has 2 amide bonds. The van der Waals surface area contributed by atoms with Gasteiger partial charge in [0.15, 0.2) is 23.1 Å². The summed E-state index contributed by atoms with van der Waals surface area (Å²) >= 11 is 0. The lowest BCUT2D eigenvalue weighted by Crippen LogP contribution is -2.54. The number of nitrogens with one attached hydrogen (secondary N) is 2. The van der Waals surface area contributed by atoms with E-state index in [2.05, 4.69) is 28.7 Å². The summed E-state index contributed by atoms with van der Waals surface area (Å²) in [7, 11) is -0.382. The Morgan fingerprint density at radius 3 is 2.63 bits per heavy atom. The van der Waals surface area contributed by atoms with Crippen LogP contribution in [0.4, 0.5) is 23.7 Å². The van der Waals surface area contributed by atoms with Gasteiger partial charge in [0, 0.05) is 45.6 Å². The van der Waals surface area contributed by atoms with Gasteiger partial charge in [0.1, 0.15) is 18.1 Å². The molecule has 5 rings (SSSR count). The SMILES string of the molecule is C[Si](C)CCOCn1cc(C2CC2)c2c(Oc3c(F)cc(NC(=O)NCC4(F)COC4)cc3F)ccnc21. The minimum atomic E-state index is -1.62. The molecule has 1 aliphatic carbocycles. The summed E-state index contributed by atoms with van der Waals surface area (Å²) < 4.78 is 62.3. The van der Waals surface area contributed by atoms with Crippen LogP contribution in [0.15, 0.2) is 30.6 Å². The highest BCUT2D eigenvalue weighted by Gasteiger charge is 2.39. The minimum absolute atomic E-state index is 0.108. The number of carbonyl (C=O) groups is 1. The van der Waals surface area contributed by atoms with Crippen molar-refractivity contribution in [3.8, 4) is 11.5 Å². The second-order valence-electron chi connectivity index (χ2n) is 10.2. The molecule has 0 bridgehead atoms. The molecule has 12 heteroatoms. The zero-order chi connectivity index (χ0) is 26.9. The van der Waals surface area contributed by atoms with Crippen molar-refractivity contribution in [2.75, 3.05) is 31.7 Å². The van der Waals surface area contributed by atoms with Crippen LogP contribution in [0.1, 0.15) is 24.3 Å². The number of fused-ring (bicyclic) bond motifs is 1. The lowest BCUT2D eigenvalue weighted by molar-refractivity contribution is -0.125. The van der Waals surface area contributed by atoms with Gasteiger partial charge < -0.3 is 29.4 Å². The predicted molar refractivity (Wildman–Crippen MR) is 138 cm³/mol. The maximum atomic E-state index is 15.0. The van der Waals surface area contributed by atoms with Crippen molar-refractivity contribution in [3.05, 3.63) is 47.8 Å². The number of rotatable bonds is 11. The third-order valence-corrected chi connectivity index (χ3v) is 7.70. The molecule has 2 N–H and O–H groups in total. The summed E-state index contributed by atoms with van der Waals surface area (Å²) in [6, 6.07) is 3.73. The first-order valence-electron chi connectivity index (χ1n) is 12.6. The molecule has 3 heterocycles.